The van der Waals surface area contributed by atoms with Crippen LogP contribution in [0, 0.1) is 0 Å². The van der Waals surface area contributed by atoms with Crippen LogP contribution < -0.4 is 20.8 Å². The fourth-order valence-electron chi connectivity index (χ4n) is 4.56. The van der Waals surface area contributed by atoms with E-state index in [0.29, 0.717) is 11.6 Å². The highest BCUT2D eigenvalue weighted by atomic mass is 16.5. The first-order chi connectivity index (χ1) is 18.7. The average Bonchev–Trinajstić information content (AvgIpc) is 2.99. The van der Waals surface area contributed by atoms with Crippen LogP contribution in [0.1, 0.15) is 22.9 Å². The summed E-state index contributed by atoms with van der Waals surface area (Å²) in [6.45, 7) is 0. The zero-order valence-corrected chi connectivity index (χ0v) is 20.8. The van der Waals surface area contributed by atoms with Crippen molar-refractivity contribution in [1.29, 1.82) is 0 Å². The maximum atomic E-state index is 6.70. The number of aromatic nitrogens is 2. The third-order valence-corrected chi connectivity index (χ3v) is 6.47. The zero-order valence-electron chi connectivity index (χ0n) is 20.8. The normalized spacial score (nSPS) is 14.4. The van der Waals surface area contributed by atoms with Crippen molar-refractivity contribution < 1.29 is 4.74 Å². The van der Waals surface area contributed by atoms with Crippen LogP contribution in [-0.4, -0.2) is 22.7 Å². The first-order valence-electron chi connectivity index (χ1n) is 12.4. The average molecular weight is 499 g/mol. The molecular weight excluding hydrogens is 472 g/mol. The summed E-state index contributed by atoms with van der Waals surface area (Å²) in [6.07, 6.45) is 3.06. The lowest BCUT2D eigenvalue weighted by Crippen LogP contribution is -2.36. The number of anilines is 2. The number of rotatable bonds is 6. The van der Waals surface area contributed by atoms with Gasteiger partial charge in [0.1, 0.15) is 17.7 Å². The number of nitrogens with one attached hydrogen (secondary N) is 1. The molecule has 0 bridgehead atoms. The molecule has 38 heavy (non-hydrogen) atoms. The van der Waals surface area contributed by atoms with E-state index in [2.05, 4.69) is 39.6 Å². The minimum absolute atomic E-state index is 0.416. The van der Waals surface area contributed by atoms with E-state index < -0.39 is 6.17 Å². The number of ether oxygens (including phenoxy) is 1. The van der Waals surface area contributed by atoms with Gasteiger partial charge >= 0.3 is 0 Å². The second kappa shape index (κ2) is 10.2. The molecule has 0 spiro atoms. The van der Waals surface area contributed by atoms with Crippen molar-refractivity contribution in [3.8, 4) is 22.8 Å². The SMILES string of the molecule is CNc1cc(-c2cccnc2Oc2ccc(N3N=C(c4ccccc4)c4ccccc4C3N)cc2)ccn1. The van der Waals surface area contributed by atoms with Crippen LogP contribution >= 0.6 is 0 Å². The second-order valence-electron chi connectivity index (χ2n) is 8.82. The van der Waals surface area contributed by atoms with Gasteiger partial charge in [-0.15, -0.1) is 0 Å². The predicted molar refractivity (Wildman–Crippen MR) is 151 cm³/mol. The third kappa shape index (κ3) is 4.47. The van der Waals surface area contributed by atoms with E-state index >= 15 is 0 Å². The molecule has 0 saturated heterocycles. The lowest BCUT2D eigenvalue weighted by molar-refractivity contribution is 0.465. The number of nitrogens with two attached hydrogens (primary N) is 1. The zero-order chi connectivity index (χ0) is 25.9. The van der Waals surface area contributed by atoms with Crippen molar-refractivity contribution in [2.75, 3.05) is 17.4 Å². The standard InChI is InChI=1S/C31H26N6O/c1-33-28-20-22(17-19-34-28)25-12-7-18-35-31(25)38-24-15-13-23(14-16-24)37-30(32)27-11-6-5-10-26(27)29(36-37)21-8-3-2-4-9-21/h2-20,30H,32H2,1H3,(H,33,34). The highest BCUT2D eigenvalue weighted by Crippen LogP contribution is 2.35. The molecule has 6 rings (SSSR count). The molecule has 1 aliphatic rings. The molecule has 1 unspecified atom stereocenters. The summed E-state index contributed by atoms with van der Waals surface area (Å²) >= 11 is 0. The number of hydrogen-bond donors (Lipinski definition) is 2. The maximum absolute atomic E-state index is 6.70. The molecule has 3 aromatic carbocycles. The van der Waals surface area contributed by atoms with E-state index in [-0.39, 0.29) is 0 Å². The van der Waals surface area contributed by atoms with Gasteiger partial charge in [-0.3, -0.25) is 0 Å². The van der Waals surface area contributed by atoms with Crippen LogP contribution in [0.4, 0.5) is 11.5 Å². The van der Waals surface area contributed by atoms with Gasteiger partial charge in [0.05, 0.1) is 11.4 Å². The Labute approximate surface area is 221 Å². The van der Waals surface area contributed by atoms with E-state index in [1.807, 2.05) is 90.9 Å². The number of benzene rings is 3. The third-order valence-electron chi connectivity index (χ3n) is 6.47. The monoisotopic (exact) mass is 498 g/mol. The molecular formula is C31H26N6O. The number of nitrogens with zero attached hydrogens (tertiary/aromatic N) is 4. The van der Waals surface area contributed by atoms with E-state index in [1.54, 1.807) is 12.4 Å². The Kier molecular flexibility index (Phi) is 6.25. The summed E-state index contributed by atoms with van der Waals surface area (Å²) in [5.41, 5.74) is 13.4. The largest absolute Gasteiger partial charge is 0.438 e. The molecule has 3 heterocycles. The van der Waals surface area contributed by atoms with Gasteiger partial charge in [0.15, 0.2) is 0 Å². The molecule has 0 radical (unpaired) electrons. The fraction of sp³-hybridized carbons (Fsp3) is 0.0645. The Hall–Kier alpha value is -5.01. The van der Waals surface area contributed by atoms with E-state index in [0.717, 1.165) is 45.0 Å². The van der Waals surface area contributed by atoms with Crippen molar-refractivity contribution in [3.05, 3.63) is 132 Å². The van der Waals surface area contributed by atoms with E-state index in [1.165, 1.54) is 0 Å². The van der Waals surface area contributed by atoms with Gasteiger partial charge in [0.2, 0.25) is 5.88 Å². The minimum Gasteiger partial charge on any atom is -0.438 e. The molecule has 3 N–H and O–H groups in total. The summed E-state index contributed by atoms with van der Waals surface area (Å²) < 4.78 is 6.22. The van der Waals surface area contributed by atoms with E-state index in [4.69, 9.17) is 15.6 Å². The first-order valence-corrected chi connectivity index (χ1v) is 12.4. The van der Waals surface area contributed by atoms with Crippen LogP contribution in [-0.2, 0) is 0 Å². The Morgan fingerprint density at radius 3 is 2.34 bits per heavy atom. The molecule has 0 fully saturated rings. The van der Waals surface area contributed by atoms with Crippen LogP contribution in [0.15, 0.2) is 121 Å². The van der Waals surface area contributed by atoms with E-state index in [9.17, 15) is 0 Å². The predicted octanol–water partition coefficient (Wildman–Crippen LogP) is 6.21. The smallest absolute Gasteiger partial charge is 0.227 e. The summed E-state index contributed by atoms with van der Waals surface area (Å²) in [4.78, 5) is 8.78. The van der Waals surface area contributed by atoms with Crippen molar-refractivity contribution in [3.63, 3.8) is 0 Å². The van der Waals surface area contributed by atoms with Gasteiger partial charge < -0.3 is 15.8 Å². The highest BCUT2D eigenvalue weighted by molar-refractivity contribution is 6.14. The van der Waals surface area contributed by atoms with Crippen LogP contribution in [0.3, 0.4) is 0 Å². The van der Waals surface area contributed by atoms with Gasteiger partial charge in [-0.05, 0) is 54.1 Å². The maximum Gasteiger partial charge on any atom is 0.227 e. The minimum atomic E-state index is -0.416. The number of hydrazone groups is 1. The molecule has 1 atom stereocenters. The Bertz CT molecular complexity index is 1600. The van der Waals surface area contributed by atoms with Gasteiger partial charge in [-0.2, -0.15) is 5.10 Å². The van der Waals surface area contributed by atoms with Crippen molar-refractivity contribution in [2.24, 2.45) is 10.8 Å². The summed E-state index contributed by atoms with van der Waals surface area (Å²) in [7, 11) is 1.84. The topological polar surface area (TPSA) is 88.7 Å². The Morgan fingerprint density at radius 1 is 0.763 bits per heavy atom. The van der Waals surface area contributed by atoms with Crippen molar-refractivity contribution >= 4 is 17.2 Å². The van der Waals surface area contributed by atoms with Crippen molar-refractivity contribution in [2.45, 2.75) is 6.17 Å². The van der Waals surface area contributed by atoms with Crippen LogP contribution in [0.25, 0.3) is 11.1 Å². The molecule has 0 amide bonds. The molecule has 7 nitrogen and oxygen atoms in total. The Morgan fingerprint density at radius 2 is 1.53 bits per heavy atom. The fourth-order valence-corrected chi connectivity index (χ4v) is 4.56. The summed E-state index contributed by atoms with van der Waals surface area (Å²) in [5.74, 6) is 1.95. The number of pyridine rings is 2. The molecule has 7 heteroatoms. The lowest BCUT2D eigenvalue weighted by atomic mass is 9.94. The quantitative estimate of drug-likeness (QED) is 0.289. The first kappa shape index (κ1) is 23.4. The summed E-state index contributed by atoms with van der Waals surface area (Å²) in [6, 6.07) is 33.8. The molecule has 0 saturated carbocycles. The Balaban J connectivity index is 1.31. The van der Waals surface area contributed by atoms with Gasteiger partial charge in [0.25, 0.3) is 0 Å². The van der Waals surface area contributed by atoms with Gasteiger partial charge in [-0.1, -0.05) is 54.6 Å². The molecule has 5 aromatic rings. The number of hydrogen-bond acceptors (Lipinski definition) is 7. The lowest BCUT2D eigenvalue weighted by Gasteiger charge is -2.33. The molecule has 2 aromatic heterocycles. The van der Waals surface area contributed by atoms with Crippen molar-refractivity contribution in [1.82, 2.24) is 9.97 Å². The van der Waals surface area contributed by atoms with Crippen LogP contribution in [0.2, 0.25) is 0 Å². The van der Waals surface area contributed by atoms with Gasteiger partial charge in [0, 0.05) is 41.7 Å². The second-order valence-corrected chi connectivity index (χ2v) is 8.82. The number of fused-ring (bicyclic) bond motifs is 1. The molecule has 186 valence electrons. The highest BCUT2D eigenvalue weighted by Gasteiger charge is 2.27. The molecule has 0 aliphatic carbocycles. The van der Waals surface area contributed by atoms with Crippen LogP contribution in [0.5, 0.6) is 11.6 Å². The molecule has 1 aliphatic heterocycles. The summed E-state index contributed by atoms with van der Waals surface area (Å²) in [5, 5.41) is 9.92. The van der Waals surface area contributed by atoms with Gasteiger partial charge in [-0.25, -0.2) is 15.0 Å².